The summed E-state index contributed by atoms with van der Waals surface area (Å²) in [6, 6.07) is 13.9. The Morgan fingerprint density at radius 2 is 1.90 bits per heavy atom. The lowest BCUT2D eigenvalue weighted by Crippen LogP contribution is -2.05. The lowest BCUT2D eigenvalue weighted by atomic mass is 10.1. The Kier molecular flexibility index (Phi) is 3.12. The van der Waals surface area contributed by atoms with Crippen molar-refractivity contribution in [1.82, 2.24) is 20.2 Å². The molecule has 1 heterocycles. The second kappa shape index (κ2) is 5.08. The molecule has 0 aliphatic heterocycles. The fraction of sp³-hybridized carbons (Fsp3) is 0.0714. The van der Waals surface area contributed by atoms with Crippen LogP contribution in [0.15, 0.2) is 48.5 Å². The molecule has 0 fully saturated rings. The number of aromatic nitrogens is 4. The minimum Gasteiger partial charge on any atom is -0.398 e. The molecule has 100 valence electrons. The zero-order valence-corrected chi connectivity index (χ0v) is 10.6. The van der Waals surface area contributed by atoms with E-state index in [0.717, 1.165) is 5.56 Å². The maximum atomic E-state index is 13.4. The Balaban J connectivity index is 2.00. The molecule has 6 heteroatoms. The molecular formula is C14H12FN5. The van der Waals surface area contributed by atoms with Gasteiger partial charge in [0, 0.05) is 11.3 Å². The summed E-state index contributed by atoms with van der Waals surface area (Å²) in [5.74, 6) is 0.0781. The minimum absolute atomic E-state index is 0.372. The minimum atomic E-state index is -0.372. The van der Waals surface area contributed by atoms with Gasteiger partial charge >= 0.3 is 0 Å². The van der Waals surface area contributed by atoms with Crippen molar-refractivity contribution in [3.8, 4) is 11.4 Å². The van der Waals surface area contributed by atoms with Gasteiger partial charge in [0.05, 0.1) is 6.54 Å². The Labute approximate surface area is 114 Å². The first-order valence-electron chi connectivity index (χ1n) is 6.09. The lowest BCUT2D eigenvalue weighted by molar-refractivity contribution is 0.627. The number of nitrogens with zero attached hydrogens (tertiary/aromatic N) is 4. The van der Waals surface area contributed by atoms with E-state index in [0.29, 0.717) is 23.6 Å². The highest BCUT2D eigenvalue weighted by Crippen LogP contribution is 2.24. The largest absolute Gasteiger partial charge is 0.398 e. The number of rotatable bonds is 3. The van der Waals surface area contributed by atoms with Crippen molar-refractivity contribution in [3.05, 3.63) is 59.9 Å². The Bertz CT molecular complexity index is 723. The van der Waals surface area contributed by atoms with Gasteiger partial charge < -0.3 is 5.73 Å². The van der Waals surface area contributed by atoms with Crippen molar-refractivity contribution >= 4 is 5.69 Å². The fourth-order valence-corrected chi connectivity index (χ4v) is 1.98. The molecular weight excluding hydrogens is 257 g/mol. The smallest absolute Gasteiger partial charge is 0.184 e. The van der Waals surface area contributed by atoms with Crippen LogP contribution >= 0.6 is 0 Å². The molecule has 0 saturated carbocycles. The number of nitrogen functional groups attached to an aromatic ring is 1. The van der Waals surface area contributed by atoms with Crippen LogP contribution in [0, 0.1) is 5.82 Å². The van der Waals surface area contributed by atoms with Gasteiger partial charge in [-0.1, -0.05) is 30.3 Å². The monoisotopic (exact) mass is 269 g/mol. The van der Waals surface area contributed by atoms with Crippen LogP contribution in [0.4, 0.5) is 10.1 Å². The average Bonchev–Trinajstić information content (AvgIpc) is 2.91. The number of hydrogen-bond donors (Lipinski definition) is 1. The standard InChI is InChI=1S/C14H12FN5/c15-11-6-7-13(16)12(8-11)14-17-18-19-20(14)9-10-4-2-1-3-5-10/h1-8H,9,16H2. The van der Waals surface area contributed by atoms with Crippen molar-refractivity contribution in [2.75, 3.05) is 5.73 Å². The fourth-order valence-electron chi connectivity index (χ4n) is 1.98. The summed E-state index contributed by atoms with van der Waals surface area (Å²) in [7, 11) is 0. The maximum absolute atomic E-state index is 13.4. The van der Waals surface area contributed by atoms with E-state index in [1.54, 1.807) is 4.68 Å². The number of tetrazole rings is 1. The second-order valence-electron chi connectivity index (χ2n) is 4.38. The summed E-state index contributed by atoms with van der Waals surface area (Å²) in [5, 5.41) is 11.5. The maximum Gasteiger partial charge on any atom is 0.184 e. The van der Waals surface area contributed by atoms with E-state index in [1.165, 1.54) is 18.2 Å². The molecule has 3 rings (SSSR count). The highest BCUT2D eigenvalue weighted by atomic mass is 19.1. The van der Waals surface area contributed by atoms with Crippen LogP contribution in [0.1, 0.15) is 5.56 Å². The van der Waals surface area contributed by atoms with Crippen molar-refractivity contribution < 1.29 is 4.39 Å². The summed E-state index contributed by atoms with van der Waals surface area (Å²) in [4.78, 5) is 0. The highest BCUT2D eigenvalue weighted by molar-refractivity contribution is 5.71. The highest BCUT2D eigenvalue weighted by Gasteiger charge is 2.13. The van der Waals surface area contributed by atoms with E-state index >= 15 is 0 Å². The third-order valence-electron chi connectivity index (χ3n) is 2.96. The van der Waals surface area contributed by atoms with Crippen LogP contribution in [0.25, 0.3) is 11.4 Å². The van der Waals surface area contributed by atoms with Crippen LogP contribution in [-0.2, 0) is 6.54 Å². The molecule has 0 saturated heterocycles. The third-order valence-corrected chi connectivity index (χ3v) is 2.96. The predicted octanol–water partition coefficient (Wildman–Crippen LogP) is 2.11. The molecule has 2 aromatic carbocycles. The molecule has 3 aromatic rings. The third kappa shape index (κ3) is 2.35. The van der Waals surface area contributed by atoms with Crippen molar-refractivity contribution in [3.63, 3.8) is 0 Å². The van der Waals surface area contributed by atoms with Crippen molar-refractivity contribution in [2.24, 2.45) is 0 Å². The van der Waals surface area contributed by atoms with Crippen LogP contribution in [0.5, 0.6) is 0 Å². The van der Waals surface area contributed by atoms with Gasteiger partial charge in [-0.15, -0.1) is 5.10 Å². The first-order valence-corrected chi connectivity index (χ1v) is 6.09. The molecule has 1 aromatic heterocycles. The predicted molar refractivity (Wildman–Crippen MR) is 73.2 cm³/mol. The van der Waals surface area contributed by atoms with E-state index in [4.69, 9.17) is 5.73 Å². The van der Waals surface area contributed by atoms with E-state index in [9.17, 15) is 4.39 Å². The molecule has 0 unspecified atom stereocenters. The Morgan fingerprint density at radius 1 is 1.10 bits per heavy atom. The summed E-state index contributed by atoms with van der Waals surface area (Å²) >= 11 is 0. The molecule has 0 spiro atoms. The van der Waals surface area contributed by atoms with Gasteiger partial charge in [0.1, 0.15) is 5.82 Å². The number of hydrogen-bond acceptors (Lipinski definition) is 4. The van der Waals surface area contributed by atoms with Crippen LogP contribution < -0.4 is 5.73 Å². The molecule has 0 atom stereocenters. The summed E-state index contributed by atoms with van der Waals surface area (Å²) in [6.45, 7) is 0.499. The quantitative estimate of drug-likeness (QED) is 0.739. The zero-order valence-electron chi connectivity index (χ0n) is 10.6. The number of nitrogens with two attached hydrogens (primary N) is 1. The van der Waals surface area contributed by atoms with E-state index in [2.05, 4.69) is 15.5 Å². The molecule has 0 aliphatic carbocycles. The van der Waals surface area contributed by atoms with Gasteiger partial charge in [0.2, 0.25) is 0 Å². The van der Waals surface area contributed by atoms with Crippen LogP contribution in [0.2, 0.25) is 0 Å². The van der Waals surface area contributed by atoms with Crippen molar-refractivity contribution in [1.29, 1.82) is 0 Å². The van der Waals surface area contributed by atoms with Crippen LogP contribution in [0.3, 0.4) is 0 Å². The van der Waals surface area contributed by atoms with E-state index < -0.39 is 0 Å². The van der Waals surface area contributed by atoms with Gasteiger partial charge in [-0.25, -0.2) is 9.07 Å². The first-order chi connectivity index (χ1) is 9.74. The summed E-state index contributed by atoms with van der Waals surface area (Å²) < 4.78 is 15.0. The Morgan fingerprint density at radius 3 is 2.70 bits per heavy atom. The van der Waals surface area contributed by atoms with E-state index in [-0.39, 0.29) is 5.82 Å². The summed E-state index contributed by atoms with van der Waals surface area (Å²) in [6.07, 6.45) is 0. The first kappa shape index (κ1) is 12.3. The molecule has 20 heavy (non-hydrogen) atoms. The zero-order chi connectivity index (χ0) is 13.9. The van der Waals surface area contributed by atoms with Crippen LogP contribution in [-0.4, -0.2) is 20.2 Å². The molecule has 5 nitrogen and oxygen atoms in total. The molecule has 0 bridgehead atoms. The SMILES string of the molecule is Nc1ccc(F)cc1-c1nnnn1Cc1ccccc1. The van der Waals surface area contributed by atoms with E-state index in [1.807, 2.05) is 30.3 Å². The number of anilines is 1. The molecule has 0 amide bonds. The van der Waals surface area contributed by atoms with Gasteiger partial charge in [-0.3, -0.25) is 0 Å². The molecule has 0 radical (unpaired) electrons. The van der Waals surface area contributed by atoms with Gasteiger partial charge in [-0.05, 0) is 34.2 Å². The number of benzene rings is 2. The number of halogens is 1. The molecule has 0 aliphatic rings. The summed E-state index contributed by atoms with van der Waals surface area (Å²) in [5.41, 5.74) is 7.85. The average molecular weight is 269 g/mol. The molecule has 2 N–H and O–H groups in total. The topological polar surface area (TPSA) is 69.6 Å². The second-order valence-corrected chi connectivity index (χ2v) is 4.38. The van der Waals surface area contributed by atoms with Gasteiger partial charge in [-0.2, -0.15) is 0 Å². The Hall–Kier alpha value is -2.76. The van der Waals surface area contributed by atoms with Gasteiger partial charge in [0.25, 0.3) is 0 Å². The van der Waals surface area contributed by atoms with Crippen molar-refractivity contribution in [2.45, 2.75) is 6.54 Å². The van der Waals surface area contributed by atoms with Gasteiger partial charge in [0.15, 0.2) is 5.82 Å². The normalized spacial score (nSPS) is 10.7. The lowest BCUT2D eigenvalue weighted by Gasteiger charge is -2.07.